The Bertz CT molecular complexity index is 1170. The number of ether oxygens (including phenoxy) is 4. The predicted octanol–water partition coefficient (Wildman–Crippen LogP) is 4.72. The van der Waals surface area contributed by atoms with E-state index in [1.807, 2.05) is 66.7 Å². The Morgan fingerprint density at radius 1 is 0.800 bits per heavy atom. The summed E-state index contributed by atoms with van der Waals surface area (Å²) in [5.41, 5.74) is 2.64. The fraction of sp³-hybridized carbons (Fsp3) is 0.130. The Kier molecular flexibility index (Phi) is 4.69. The van der Waals surface area contributed by atoms with E-state index in [4.69, 9.17) is 23.4 Å². The number of rotatable bonds is 6. The standard InChI is InChI=1S/C23H18N2O5/c1-26-18-3-2-4-19(12-18)27-13-15-5-7-16(8-6-15)22-24-25-23(30-22)17-9-10-20-21(11-17)29-14-28-20/h2-12H,13-14H2,1H3. The lowest BCUT2D eigenvalue weighted by molar-refractivity contribution is 0.174. The summed E-state index contributed by atoms with van der Waals surface area (Å²) in [5.74, 6) is 3.77. The second kappa shape index (κ2) is 7.79. The Balaban J connectivity index is 1.28. The molecule has 0 atom stereocenters. The highest BCUT2D eigenvalue weighted by molar-refractivity contribution is 5.62. The molecule has 1 aliphatic heterocycles. The fourth-order valence-corrected chi connectivity index (χ4v) is 3.09. The number of methoxy groups -OCH3 is 1. The summed E-state index contributed by atoms with van der Waals surface area (Å²) in [6.07, 6.45) is 0. The van der Waals surface area contributed by atoms with Crippen LogP contribution in [0.5, 0.6) is 23.0 Å². The van der Waals surface area contributed by atoms with Crippen molar-refractivity contribution in [1.82, 2.24) is 10.2 Å². The molecule has 2 heterocycles. The van der Waals surface area contributed by atoms with E-state index < -0.39 is 0 Å². The molecule has 30 heavy (non-hydrogen) atoms. The largest absolute Gasteiger partial charge is 0.497 e. The maximum Gasteiger partial charge on any atom is 0.248 e. The van der Waals surface area contributed by atoms with Gasteiger partial charge in [0.05, 0.1) is 7.11 Å². The minimum atomic E-state index is 0.224. The third-order valence-corrected chi connectivity index (χ3v) is 4.69. The number of hydrogen-bond acceptors (Lipinski definition) is 7. The van der Waals surface area contributed by atoms with Gasteiger partial charge in [0.25, 0.3) is 0 Å². The first kappa shape index (κ1) is 18.1. The quantitative estimate of drug-likeness (QED) is 0.462. The van der Waals surface area contributed by atoms with Gasteiger partial charge in [0.15, 0.2) is 11.5 Å². The predicted molar refractivity (Wildman–Crippen MR) is 109 cm³/mol. The van der Waals surface area contributed by atoms with Crippen molar-refractivity contribution >= 4 is 0 Å². The maximum absolute atomic E-state index is 5.85. The molecule has 150 valence electrons. The van der Waals surface area contributed by atoms with Crippen molar-refractivity contribution in [3.8, 4) is 45.9 Å². The van der Waals surface area contributed by atoms with Gasteiger partial charge in [-0.25, -0.2) is 0 Å². The zero-order valence-electron chi connectivity index (χ0n) is 16.2. The molecular formula is C23H18N2O5. The van der Waals surface area contributed by atoms with Gasteiger partial charge in [-0.15, -0.1) is 10.2 Å². The SMILES string of the molecule is COc1cccc(OCc2ccc(-c3nnc(-c4ccc5c(c4)OCO5)o3)cc2)c1. The first-order chi connectivity index (χ1) is 14.8. The molecular weight excluding hydrogens is 384 g/mol. The summed E-state index contributed by atoms with van der Waals surface area (Å²) in [4.78, 5) is 0. The molecule has 0 saturated heterocycles. The number of nitrogens with zero attached hydrogens (tertiary/aromatic N) is 2. The van der Waals surface area contributed by atoms with Crippen LogP contribution in [-0.2, 0) is 6.61 Å². The molecule has 0 unspecified atom stereocenters. The van der Waals surface area contributed by atoms with Gasteiger partial charge < -0.3 is 23.4 Å². The van der Waals surface area contributed by atoms with E-state index in [1.165, 1.54) is 0 Å². The maximum atomic E-state index is 5.85. The van der Waals surface area contributed by atoms with Crippen molar-refractivity contribution in [2.75, 3.05) is 13.9 Å². The van der Waals surface area contributed by atoms with Crippen LogP contribution in [0.4, 0.5) is 0 Å². The average molecular weight is 402 g/mol. The van der Waals surface area contributed by atoms with E-state index in [2.05, 4.69) is 10.2 Å². The van der Waals surface area contributed by atoms with E-state index in [1.54, 1.807) is 7.11 Å². The summed E-state index contributed by atoms with van der Waals surface area (Å²) in [6, 6.07) is 20.9. The van der Waals surface area contributed by atoms with Crippen molar-refractivity contribution in [3.05, 3.63) is 72.3 Å². The fourth-order valence-electron chi connectivity index (χ4n) is 3.09. The van der Waals surface area contributed by atoms with Crippen LogP contribution in [0.3, 0.4) is 0 Å². The van der Waals surface area contributed by atoms with Crippen molar-refractivity contribution in [1.29, 1.82) is 0 Å². The van der Waals surface area contributed by atoms with Crippen LogP contribution in [0.15, 0.2) is 71.1 Å². The van der Waals surface area contributed by atoms with Crippen LogP contribution in [0.25, 0.3) is 22.9 Å². The number of benzene rings is 3. The van der Waals surface area contributed by atoms with Crippen LogP contribution < -0.4 is 18.9 Å². The van der Waals surface area contributed by atoms with E-state index in [0.717, 1.165) is 28.2 Å². The molecule has 3 aromatic carbocycles. The third kappa shape index (κ3) is 3.65. The van der Waals surface area contributed by atoms with Gasteiger partial charge in [0.2, 0.25) is 18.6 Å². The molecule has 5 rings (SSSR count). The molecule has 7 heteroatoms. The molecule has 4 aromatic rings. The molecule has 0 N–H and O–H groups in total. The molecule has 0 saturated carbocycles. The highest BCUT2D eigenvalue weighted by atomic mass is 16.7. The van der Waals surface area contributed by atoms with Gasteiger partial charge in [-0.3, -0.25) is 0 Å². The average Bonchev–Trinajstić information content (AvgIpc) is 3.47. The number of hydrogen-bond donors (Lipinski definition) is 0. The first-order valence-corrected chi connectivity index (χ1v) is 9.38. The van der Waals surface area contributed by atoms with Gasteiger partial charge in [-0.2, -0.15) is 0 Å². The minimum absolute atomic E-state index is 0.224. The van der Waals surface area contributed by atoms with E-state index in [-0.39, 0.29) is 6.79 Å². The first-order valence-electron chi connectivity index (χ1n) is 9.38. The van der Waals surface area contributed by atoms with Crippen molar-refractivity contribution in [2.24, 2.45) is 0 Å². The zero-order chi connectivity index (χ0) is 20.3. The van der Waals surface area contributed by atoms with Gasteiger partial charge in [-0.05, 0) is 48.0 Å². The zero-order valence-corrected chi connectivity index (χ0v) is 16.2. The van der Waals surface area contributed by atoms with Crippen molar-refractivity contribution < 1.29 is 23.4 Å². The van der Waals surface area contributed by atoms with E-state index >= 15 is 0 Å². The summed E-state index contributed by atoms with van der Waals surface area (Å²) in [6.45, 7) is 0.668. The molecule has 7 nitrogen and oxygen atoms in total. The monoisotopic (exact) mass is 402 g/mol. The van der Waals surface area contributed by atoms with Crippen LogP contribution in [0.1, 0.15) is 5.56 Å². The molecule has 0 fully saturated rings. The summed E-state index contributed by atoms with van der Waals surface area (Å²) >= 11 is 0. The normalized spacial score (nSPS) is 12.0. The van der Waals surface area contributed by atoms with Crippen molar-refractivity contribution in [3.63, 3.8) is 0 Å². The van der Waals surface area contributed by atoms with Crippen LogP contribution >= 0.6 is 0 Å². The Morgan fingerprint density at radius 2 is 1.53 bits per heavy atom. The molecule has 0 radical (unpaired) electrons. The van der Waals surface area contributed by atoms with Gasteiger partial charge in [0, 0.05) is 17.2 Å². The second-order valence-electron chi connectivity index (χ2n) is 6.64. The van der Waals surface area contributed by atoms with Crippen LogP contribution in [-0.4, -0.2) is 24.1 Å². The molecule has 1 aliphatic rings. The van der Waals surface area contributed by atoms with Crippen molar-refractivity contribution in [2.45, 2.75) is 6.61 Å². The third-order valence-electron chi connectivity index (χ3n) is 4.69. The van der Waals surface area contributed by atoms with Gasteiger partial charge in [0.1, 0.15) is 18.1 Å². The highest BCUT2D eigenvalue weighted by Crippen LogP contribution is 2.36. The molecule has 1 aromatic heterocycles. The van der Waals surface area contributed by atoms with E-state index in [0.29, 0.717) is 29.9 Å². The molecule has 0 bridgehead atoms. The lowest BCUT2D eigenvalue weighted by atomic mass is 10.1. The Hall–Kier alpha value is -4.00. The smallest absolute Gasteiger partial charge is 0.248 e. The number of aromatic nitrogens is 2. The van der Waals surface area contributed by atoms with Gasteiger partial charge >= 0.3 is 0 Å². The summed E-state index contributed by atoms with van der Waals surface area (Å²) in [5, 5.41) is 8.32. The molecule has 0 spiro atoms. The lowest BCUT2D eigenvalue weighted by Crippen LogP contribution is -1.95. The highest BCUT2D eigenvalue weighted by Gasteiger charge is 2.17. The molecule has 0 amide bonds. The molecule has 0 aliphatic carbocycles. The Labute approximate surface area is 172 Å². The van der Waals surface area contributed by atoms with Crippen LogP contribution in [0, 0.1) is 0 Å². The lowest BCUT2D eigenvalue weighted by Gasteiger charge is -2.08. The summed E-state index contributed by atoms with van der Waals surface area (Å²) < 4.78 is 27.6. The summed E-state index contributed by atoms with van der Waals surface area (Å²) in [7, 11) is 1.63. The van der Waals surface area contributed by atoms with E-state index in [9.17, 15) is 0 Å². The topological polar surface area (TPSA) is 75.8 Å². The second-order valence-corrected chi connectivity index (χ2v) is 6.64. The van der Waals surface area contributed by atoms with Crippen LogP contribution in [0.2, 0.25) is 0 Å². The number of fused-ring (bicyclic) bond motifs is 1. The van der Waals surface area contributed by atoms with Gasteiger partial charge in [-0.1, -0.05) is 18.2 Å². The Morgan fingerprint density at radius 3 is 2.37 bits per heavy atom. The minimum Gasteiger partial charge on any atom is -0.497 e.